The van der Waals surface area contributed by atoms with Crippen LogP contribution >= 0.6 is 0 Å². The summed E-state index contributed by atoms with van der Waals surface area (Å²) in [5.74, 6) is -0.129. The highest BCUT2D eigenvalue weighted by Gasteiger charge is 2.27. The van der Waals surface area contributed by atoms with Gasteiger partial charge < -0.3 is 4.90 Å². The number of halogens is 1. The molecule has 2 aromatic rings. The molecule has 0 radical (unpaired) electrons. The van der Waals surface area contributed by atoms with Crippen LogP contribution in [-0.2, 0) is 22.2 Å². The highest BCUT2D eigenvalue weighted by atomic mass is 32.2. The standard InChI is InChI=1S/C20H25FN2O2S/c1-17-5-4-6-18(15-17)16-26(24,25)23-13-11-22(12-14-23)10-9-19-7-2-3-8-20(19)21/h2-8,15H,9-14,16H2,1H3. The molecule has 0 aromatic heterocycles. The molecule has 0 unspecified atom stereocenters. The van der Waals surface area contributed by atoms with Crippen molar-refractivity contribution >= 4 is 10.0 Å². The van der Waals surface area contributed by atoms with Gasteiger partial charge in [0.2, 0.25) is 10.0 Å². The smallest absolute Gasteiger partial charge is 0.218 e. The molecule has 1 saturated heterocycles. The van der Waals surface area contributed by atoms with Crippen LogP contribution in [0.25, 0.3) is 0 Å². The Morgan fingerprint density at radius 2 is 1.73 bits per heavy atom. The topological polar surface area (TPSA) is 40.6 Å². The second-order valence-electron chi connectivity index (χ2n) is 6.83. The van der Waals surface area contributed by atoms with Gasteiger partial charge in [-0.2, -0.15) is 4.31 Å². The normalized spacial score (nSPS) is 16.7. The Balaban J connectivity index is 1.52. The van der Waals surface area contributed by atoms with E-state index in [0.29, 0.717) is 38.2 Å². The molecule has 1 aliphatic rings. The molecule has 0 atom stereocenters. The maximum absolute atomic E-state index is 13.7. The first kappa shape index (κ1) is 19.0. The van der Waals surface area contributed by atoms with Crippen molar-refractivity contribution in [2.45, 2.75) is 19.1 Å². The second kappa shape index (κ2) is 8.29. The van der Waals surface area contributed by atoms with E-state index in [1.165, 1.54) is 6.07 Å². The highest BCUT2D eigenvalue weighted by molar-refractivity contribution is 7.88. The van der Waals surface area contributed by atoms with E-state index in [1.54, 1.807) is 16.4 Å². The van der Waals surface area contributed by atoms with Crippen molar-refractivity contribution in [3.63, 3.8) is 0 Å². The van der Waals surface area contributed by atoms with Gasteiger partial charge in [0.25, 0.3) is 0 Å². The number of aryl methyl sites for hydroxylation is 1. The van der Waals surface area contributed by atoms with Crippen LogP contribution in [0.15, 0.2) is 48.5 Å². The lowest BCUT2D eigenvalue weighted by Gasteiger charge is -2.34. The maximum Gasteiger partial charge on any atom is 0.218 e. The number of piperazine rings is 1. The van der Waals surface area contributed by atoms with Gasteiger partial charge in [0.15, 0.2) is 0 Å². The van der Waals surface area contributed by atoms with Crippen molar-refractivity contribution in [3.05, 3.63) is 71.0 Å². The summed E-state index contributed by atoms with van der Waals surface area (Å²) in [4.78, 5) is 2.20. The Hall–Kier alpha value is -1.76. The van der Waals surface area contributed by atoms with Gasteiger partial charge in [0.05, 0.1) is 5.75 Å². The Labute approximate surface area is 155 Å². The van der Waals surface area contributed by atoms with E-state index < -0.39 is 10.0 Å². The molecule has 140 valence electrons. The molecule has 1 aliphatic heterocycles. The van der Waals surface area contributed by atoms with Crippen LogP contribution in [-0.4, -0.2) is 50.3 Å². The van der Waals surface area contributed by atoms with Crippen molar-refractivity contribution in [3.8, 4) is 0 Å². The van der Waals surface area contributed by atoms with E-state index in [2.05, 4.69) is 4.90 Å². The van der Waals surface area contributed by atoms with Gasteiger partial charge in [-0.25, -0.2) is 12.8 Å². The summed E-state index contributed by atoms with van der Waals surface area (Å²) in [6.45, 7) is 5.05. The predicted octanol–water partition coefficient (Wildman–Crippen LogP) is 2.82. The third kappa shape index (κ3) is 4.90. The zero-order valence-electron chi connectivity index (χ0n) is 15.1. The molecule has 26 heavy (non-hydrogen) atoms. The highest BCUT2D eigenvalue weighted by Crippen LogP contribution is 2.15. The monoisotopic (exact) mass is 376 g/mol. The fourth-order valence-electron chi connectivity index (χ4n) is 3.31. The van der Waals surface area contributed by atoms with Gasteiger partial charge in [-0.05, 0) is 30.5 Å². The number of hydrogen-bond donors (Lipinski definition) is 0. The van der Waals surface area contributed by atoms with E-state index in [9.17, 15) is 12.8 Å². The summed E-state index contributed by atoms with van der Waals surface area (Å²) in [7, 11) is -3.30. The molecule has 0 N–H and O–H groups in total. The molecular formula is C20H25FN2O2S. The SMILES string of the molecule is Cc1cccc(CS(=O)(=O)N2CCN(CCc3ccccc3F)CC2)c1. The number of rotatable bonds is 6. The third-order valence-corrected chi connectivity index (χ3v) is 6.66. The van der Waals surface area contributed by atoms with Crippen molar-refractivity contribution in [1.29, 1.82) is 0 Å². The minimum absolute atomic E-state index is 0.0455. The van der Waals surface area contributed by atoms with Crippen molar-refractivity contribution in [2.24, 2.45) is 0 Å². The minimum atomic E-state index is -3.30. The molecule has 0 aliphatic carbocycles. The zero-order valence-corrected chi connectivity index (χ0v) is 15.9. The predicted molar refractivity (Wildman–Crippen MR) is 102 cm³/mol. The van der Waals surface area contributed by atoms with Crippen LogP contribution < -0.4 is 0 Å². The van der Waals surface area contributed by atoms with E-state index in [-0.39, 0.29) is 11.6 Å². The summed E-state index contributed by atoms with van der Waals surface area (Å²) in [6, 6.07) is 14.4. The first-order chi connectivity index (χ1) is 12.4. The summed E-state index contributed by atoms with van der Waals surface area (Å²) in [5, 5.41) is 0. The van der Waals surface area contributed by atoms with Gasteiger partial charge >= 0.3 is 0 Å². The molecule has 0 saturated carbocycles. The van der Waals surface area contributed by atoms with Crippen molar-refractivity contribution in [2.75, 3.05) is 32.7 Å². The van der Waals surface area contributed by atoms with E-state index in [4.69, 9.17) is 0 Å². The number of hydrogen-bond acceptors (Lipinski definition) is 3. The number of nitrogens with zero attached hydrogens (tertiary/aromatic N) is 2. The third-order valence-electron chi connectivity index (χ3n) is 4.81. The summed E-state index contributed by atoms with van der Waals surface area (Å²) >= 11 is 0. The fourth-order valence-corrected chi connectivity index (χ4v) is 4.82. The van der Waals surface area contributed by atoms with Crippen LogP contribution in [0.4, 0.5) is 4.39 Å². The summed E-state index contributed by atoms with van der Waals surface area (Å²) in [5.41, 5.74) is 2.60. The number of benzene rings is 2. The molecule has 6 heteroatoms. The van der Waals surface area contributed by atoms with E-state index in [1.807, 2.05) is 37.3 Å². The lowest BCUT2D eigenvalue weighted by molar-refractivity contribution is 0.189. The van der Waals surface area contributed by atoms with E-state index in [0.717, 1.165) is 17.7 Å². The first-order valence-electron chi connectivity index (χ1n) is 8.93. The first-order valence-corrected chi connectivity index (χ1v) is 10.5. The molecule has 0 spiro atoms. The summed E-state index contributed by atoms with van der Waals surface area (Å²) < 4.78 is 40.6. The van der Waals surface area contributed by atoms with Crippen LogP contribution in [0.5, 0.6) is 0 Å². The molecular weight excluding hydrogens is 351 g/mol. The zero-order chi connectivity index (χ0) is 18.6. The van der Waals surface area contributed by atoms with Crippen molar-refractivity contribution in [1.82, 2.24) is 9.21 Å². The fraction of sp³-hybridized carbons (Fsp3) is 0.400. The van der Waals surface area contributed by atoms with Crippen molar-refractivity contribution < 1.29 is 12.8 Å². The largest absolute Gasteiger partial charge is 0.300 e. The average Bonchev–Trinajstić information content (AvgIpc) is 2.61. The second-order valence-corrected chi connectivity index (χ2v) is 8.80. The molecule has 3 rings (SSSR count). The molecule has 2 aromatic carbocycles. The average molecular weight is 376 g/mol. The lowest BCUT2D eigenvalue weighted by Crippen LogP contribution is -2.49. The Morgan fingerprint density at radius 3 is 2.42 bits per heavy atom. The molecule has 0 amide bonds. The van der Waals surface area contributed by atoms with Gasteiger partial charge in [-0.15, -0.1) is 0 Å². The van der Waals surface area contributed by atoms with Crippen LogP contribution in [0.2, 0.25) is 0 Å². The number of sulfonamides is 1. The minimum Gasteiger partial charge on any atom is -0.300 e. The maximum atomic E-state index is 13.7. The van der Waals surface area contributed by atoms with Crippen LogP contribution in [0, 0.1) is 12.7 Å². The Morgan fingerprint density at radius 1 is 1.00 bits per heavy atom. The van der Waals surface area contributed by atoms with Crippen LogP contribution in [0.1, 0.15) is 16.7 Å². The lowest BCUT2D eigenvalue weighted by atomic mass is 10.1. The molecule has 1 fully saturated rings. The molecule has 0 bridgehead atoms. The van der Waals surface area contributed by atoms with E-state index >= 15 is 0 Å². The van der Waals surface area contributed by atoms with Gasteiger partial charge in [-0.3, -0.25) is 0 Å². The quantitative estimate of drug-likeness (QED) is 0.778. The molecule has 4 nitrogen and oxygen atoms in total. The van der Waals surface area contributed by atoms with Gasteiger partial charge in [0, 0.05) is 32.7 Å². The van der Waals surface area contributed by atoms with Gasteiger partial charge in [-0.1, -0.05) is 48.0 Å². The van der Waals surface area contributed by atoms with Gasteiger partial charge in [0.1, 0.15) is 5.82 Å². The molecule has 1 heterocycles. The Bertz CT molecular complexity index is 846. The summed E-state index contributed by atoms with van der Waals surface area (Å²) in [6.07, 6.45) is 0.642. The van der Waals surface area contributed by atoms with Crippen LogP contribution in [0.3, 0.4) is 0 Å². The Kier molecular flexibility index (Phi) is 6.06.